The molecule has 0 aliphatic heterocycles. The zero-order valence-electron chi connectivity index (χ0n) is 8.40. The topological polar surface area (TPSA) is 66.5 Å². The smallest absolute Gasteiger partial charge is 0.149 e. The Morgan fingerprint density at radius 1 is 1.25 bits per heavy atom. The molecule has 1 aromatic carbocycles. The normalized spacial score (nSPS) is 14.8. The summed E-state index contributed by atoms with van der Waals surface area (Å²) in [5.41, 5.74) is 4.77. The summed E-state index contributed by atoms with van der Waals surface area (Å²) in [7, 11) is 0. The van der Waals surface area contributed by atoms with Crippen molar-refractivity contribution in [3.63, 3.8) is 0 Å². The second kappa shape index (κ2) is 5.47. The largest absolute Gasteiger partial charge is 0.396 e. The van der Waals surface area contributed by atoms with Gasteiger partial charge in [-0.15, -0.1) is 0 Å². The van der Waals surface area contributed by atoms with Crippen molar-refractivity contribution in [2.75, 3.05) is 11.5 Å². The fraction of sp³-hybridized carbons (Fsp3) is 0.400. The Bertz CT molecular complexity index is 376. The summed E-state index contributed by atoms with van der Waals surface area (Å²) in [6, 6.07) is 1.57. The minimum Gasteiger partial charge on any atom is -0.396 e. The number of anilines is 1. The molecule has 0 amide bonds. The standard InChI is InChI=1S/C10H13F2NO2S/c11-6-4-7(12)8(13)3-5(6)10(15)9(14)1-2-16/h3-4,9-10,14-16H,1-2,13H2. The van der Waals surface area contributed by atoms with E-state index in [2.05, 4.69) is 12.6 Å². The molecule has 1 aromatic rings. The summed E-state index contributed by atoms with van der Waals surface area (Å²) in [6.07, 6.45) is -2.40. The van der Waals surface area contributed by atoms with E-state index in [-0.39, 0.29) is 17.7 Å². The number of nitrogens with two attached hydrogens (primary N) is 1. The van der Waals surface area contributed by atoms with Crippen molar-refractivity contribution in [1.29, 1.82) is 0 Å². The summed E-state index contributed by atoms with van der Waals surface area (Å²) < 4.78 is 26.1. The van der Waals surface area contributed by atoms with Crippen molar-refractivity contribution < 1.29 is 19.0 Å². The average molecular weight is 249 g/mol. The molecule has 0 bridgehead atoms. The van der Waals surface area contributed by atoms with Gasteiger partial charge in [0, 0.05) is 11.6 Å². The number of thiol groups is 1. The van der Waals surface area contributed by atoms with E-state index in [1.807, 2.05) is 0 Å². The first kappa shape index (κ1) is 13.2. The van der Waals surface area contributed by atoms with Crippen LogP contribution in [0.15, 0.2) is 12.1 Å². The van der Waals surface area contributed by atoms with Gasteiger partial charge in [0.2, 0.25) is 0 Å². The molecule has 16 heavy (non-hydrogen) atoms. The molecule has 2 atom stereocenters. The SMILES string of the molecule is Nc1cc(C(O)C(O)CCS)c(F)cc1F. The van der Waals surface area contributed by atoms with Crippen LogP contribution in [0.3, 0.4) is 0 Å². The highest BCUT2D eigenvalue weighted by Gasteiger charge is 2.22. The Labute approximate surface area is 97.3 Å². The number of halogens is 2. The van der Waals surface area contributed by atoms with Gasteiger partial charge < -0.3 is 15.9 Å². The molecule has 0 aliphatic carbocycles. The highest BCUT2D eigenvalue weighted by Crippen LogP contribution is 2.25. The Hall–Kier alpha value is -0.850. The molecule has 0 saturated carbocycles. The number of hydrogen-bond acceptors (Lipinski definition) is 4. The highest BCUT2D eigenvalue weighted by molar-refractivity contribution is 7.80. The summed E-state index contributed by atoms with van der Waals surface area (Å²) in [4.78, 5) is 0. The number of hydrogen-bond donors (Lipinski definition) is 4. The Kier molecular flexibility index (Phi) is 4.52. The van der Waals surface area contributed by atoms with Crippen LogP contribution in [0, 0.1) is 11.6 Å². The molecule has 1 rings (SSSR count). The average Bonchev–Trinajstić information content (AvgIpc) is 2.23. The molecule has 2 unspecified atom stereocenters. The molecule has 0 aliphatic rings. The van der Waals surface area contributed by atoms with Gasteiger partial charge in [-0.1, -0.05) is 0 Å². The van der Waals surface area contributed by atoms with Crippen molar-refractivity contribution in [3.05, 3.63) is 29.3 Å². The molecular formula is C10H13F2NO2S. The fourth-order valence-corrected chi connectivity index (χ4v) is 1.57. The van der Waals surface area contributed by atoms with Gasteiger partial charge in [-0.2, -0.15) is 12.6 Å². The van der Waals surface area contributed by atoms with Gasteiger partial charge in [-0.05, 0) is 18.2 Å². The minimum atomic E-state index is -1.44. The van der Waals surface area contributed by atoms with Gasteiger partial charge in [0.15, 0.2) is 0 Å². The molecule has 0 spiro atoms. The van der Waals surface area contributed by atoms with Gasteiger partial charge >= 0.3 is 0 Å². The molecule has 0 fully saturated rings. The van der Waals surface area contributed by atoms with Gasteiger partial charge in [-0.25, -0.2) is 8.78 Å². The van der Waals surface area contributed by atoms with Crippen molar-refractivity contribution in [3.8, 4) is 0 Å². The molecule has 0 heterocycles. The van der Waals surface area contributed by atoms with Gasteiger partial charge in [0.05, 0.1) is 11.8 Å². The van der Waals surface area contributed by atoms with Gasteiger partial charge in [0.25, 0.3) is 0 Å². The van der Waals surface area contributed by atoms with Gasteiger partial charge in [0.1, 0.15) is 17.7 Å². The Balaban J connectivity index is 2.99. The molecule has 0 radical (unpaired) electrons. The van der Waals surface area contributed by atoms with Crippen molar-refractivity contribution >= 4 is 18.3 Å². The van der Waals surface area contributed by atoms with Crippen molar-refractivity contribution in [1.82, 2.24) is 0 Å². The second-order valence-corrected chi connectivity index (χ2v) is 3.87. The fourth-order valence-electron chi connectivity index (χ4n) is 1.31. The van der Waals surface area contributed by atoms with Crippen LogP contribution >= 0.6 is 12.6 Å². The summed E-state index contributed by atoms with van der Waals surface area (Å²) in [5.74, 6) is -1.48. The first-order chi connectivity index (χ1) is 7.47. The van der Waals surface area contributed by atoms with Crippen LogP contribution in [0.4, 0.5) is 14.5 Å². The van der Waals surface area contributed by atoms with E-state index < -0.39 is 23.8 Å². The number of aliphatic hydroxyl groups excluding tert-OH is 2. The minimum absolute atomic E-state index is 0.195. The lowest BCUT2D eigenvalue weighted by Gasteiger charge is -2.18. The maximum absolute atomic E-state index is 13.3. The zero-order valence-corrected chi connectivity index (χ0v) is 9.29. The molecule has 4 N–H and O–H groups in total. The van der Waals surface area contributed by atoms with Gasteiger partial charge in [-0.3, -0.25) is 0 Å². The van der Waals surface area contributed by atoms with E-state index in [0.29, 0.717) is 11.8 Å². The number of nitrogen functional groups attached to an aromatic ring is 1. The Morgan fingerprint density at radius 3 is 2.44 bits per heavy atom. The molecular weight excluding hydrogens is 236 g/mol. The third kappa shape index (κ3) is 2.84. The predicted octanol–water partition coefficient (Wildman–Crippen LogP) is 1.26. The van der Waals surface area contributed by atoms with Crippen LogP contribution in [0.25, 0.3) is 0 Å². The van der Waals surface area contributed by atoms with E-state index >= 15 is 0 Å². The number of rotatable bonds is 4. The van der Waals surface area contributed by atoms with Crippen molar-refractivity contribution in [2.45, 2.75) is 18.6 Å². The summed E-state index contributed by atoms with van der Waals surface area (Å²) >= 11 is 3.88. The second-order valence-electron chi connectivity index (χ2n) is 3.42. The van der Waals surface area contributed by atoms with Crippen LogP contribution in [-0.4, -0.2) is 22.1 Å². The van der Waals surface area contributed by atoms with E-state index in [9.17, 15) is 19.0 Å². The molecule has 90 valence electrons. The highest BCUT2D eigenvalue weighted by atomic mass is 32.1. The summed E-state index contributed by atoms with van der Waals surface area (Å²) in [5, 5.41) is 19.1. The monoisotopic (exact) mass is 249 g/mol. The third-order valence-corrected chi connectivity index (χ3v) is 2.48. The predicted molar refractivity (Wildman–Crippen MR) is 60.2 cm³/mol. The van der Waals surface area contributed by atoms with E-state index in [1.54, 1.807) is 0 Å². The lowest BCUT2D eigenvalue weighted by molar-refractivity contribution is 0.0151. The van der Waals surface area contributed by atoms with Crippen LogP contribution in [0.5, 0.6) is 0 Å². The maximum Gasteiger partial charge on any atom is 0.149 e. The Morgan fingerprint density at radius 2 is 1.88 bits per heavy atom. The van der Waals surface area contributed by atoms with Crippen LogP contribution in [-0.2, 0) is 0 Å². The van der Waals surface area contributed by atoms with E-state index in [0.717, 1.165) is 6.07 Å². The van der Waals surface area contributed by atoms with E-state index in [1.165, 1.54) is 0 Å². The first-order valence-electron chi connectivity index (χ1n) is 4.68. The van der Waals surface area contributed by atoms with Crippen LogP contribution in [0.2, 0.25) is 0 Å². The molecule has 6 heteroatoms. The van der Waals surface area contributed by atoms with Crippen molar-refractivity contribution in [2.24, 2.45) is 0 Å². The quantitative estimate of drug-likeness (QED) is 0.480. The lowest BCUT2D eigenvalue weighted by atomic mass is 10.0. The van der Waals surface area contributed by atoms with E-state index in [4.69, 9.17) is 5.73 Å². The van der Waals surface area contributed by atoms with Crippen LogP contribution in [0.1, 0.15) is 18.1 Å². The maximum atomic E-state index is 13.3. The summed E-state index contributed by atoms with van der Waals surface area (Å²) in [6.45, 7) is 0. The van der Waals surface area contributed by atoms with Crippen LogP contribution < -0.4 is 5.73 Å². The molecule has 0 saturated heterocycles. The zero-order chi connectivity index (χ0) is 12.3. The first-order valence-corrected chi connectivity index (χ1v) is 5.32. The third-order valence-electron chi connectivity index (χ3n) is 2.22. The number of benzene rings is 1. The number of aliphatic hydroxyl groups is 2. The lowest BCUT2D eigenvalue weighted by Crippen LogP contribution is -2.20. The molecule has 3 nitrogen and oxygen atoms in total. The molecule has 0 aromatic heterocycles.